The molecule has 1 atom stereocenters. The van der Waals surface area contributed by atoms with Crippen LogP contribution in [0.1, 0.15) is 23.5 Å². The second-order valence-electron chi connectivity index (χ2n) is 6.57. The van der Waals surface area contributed by atoms with E-state index in [1.165, 1.54) is 23.9 Å². The Labute approximate surface area is 161 Å². The fourth-order valence-electron chi connectivity index (χ4n) is 3.44. The second kappa shape index (κ2) is 7.51. The molecule has 4 rings (SSSR count). The monoisotopic (exact) mass is 380 g/mol. The first-order chi connectivity index (χ1) is 13.2. The third-order valence-corrected chi connectivity index (χ3v) is 5.96. The van der Waals surface area contributed by atoms with Gasteiger partial charge in [-0.3, -0.25) is 19.6 Å². The summed E-state index contributed by atoms with van der Waals surface area (Å²) in [6.45, 7) is 1.15. The molecule has 7 heteroatoms. The zero-order valence-corrected chi connectivity index (χ0v) is 15.3. The van der Waals surface area contributed by atoms with Gasteiger partial charge < -0.3 is 0 Å². The number of benzene rings is 1. The van der Waals surface area contributed by atoms with Crippen LogP contribution in [0.4, 0.5) is 4.39 Å². The smallest absolute Gasteiger partial charge is 0.229 e. The van der Waals surface area contributed by atoms with Crippen molar-refractivity contribution in [1.29, 1.82) is 5.26 Å². The highest BCUT2D eigenvalue weighted by Crippen LogP contribution is 2.42. The van der Waals surface area contributed by atoms with Crippen LogP contribution in [-0.4, -0.2) is 33.2 Å². The Bertz CT molecular complexity index is 923. The van der Waals surface area contributed by atoms with Crippen molar-refractivity contribution in [3.63, 3.8) is 0 Å². The SMILES string of the molecule is N#CC1=C2SCN(Cc3cccnc3)CN2C(=O)C[C@@H]1c1ccc(F)cc1. The summed E-state index contributed by atoms with van der Waals surface area (Å²) < 4.78 is 13.2. The normalized spacial score (nSPS) is 20.4. The minimum absolute atomic E-state index is 0.0123. The number of halogens is 1. The standard InChI is InChI=1S/C20H17FN4OS/c21-16-5-3-15(4-6-16)17-8-19(26)25-12-24(11-14-2-1-7-23-10-14)13-27-20(25)18(17)9-22/h1-7,10,17H,8,11-13H2/t17-/m1/s1. The van der Waals surface area contributed by atoms with Crippen LogP contribution < -0.4 is 0 Å². The summed E-state index contributed by atoms with van der Waals surface area (Å²) in [6, 6.07) is 12.2. The average molecular weight is 380 g/mol. The topological polar surface area (TPSA) is 60.2 Å². The molecule has 2 aliphatic heterocycles. The van der Waals surface area contributed by atoms with E-state index in [-0.39, 0.29) is 24.1 Å². The van der Waals surface area contributed by atoms with Crippen molar-refractivity contribution in [1.82, 2.24) is 14.8 Å². The molecule has 0 N–H and O–H groups in total. The van der Waals surface area contributed by atoms with Gasteiger partial charge in [0.05, 0.1) is 29.2 Å². The van der Waals surface area contributed by atoms with Gasteiger partial charge in [-0.05, 0) is 29.3 Å². The van der Waals surface area contributed by atoms with Gasteiger partial charge in [-0.15, -0.1) is 0 Å². The van der Waals surface area contributed by atoms with Crippen LogP contribution in [0.5, 0.6) is 0 Å². The number of allylic oxidation sites excluding steroid dienone is 1. The first-order valence-electron chi connectivity index (χ1n) is 8.60. The summed E-state index contributed by atoms with van der Waals surface area (Å²) in [5, 5.41) is 10.5. The number of hydrogen-bond acceptors (Lipinski definition) is 5. The first-order valence-corrected chi connectivity index (χ1v) is 9.58. The maximum atomic E-state index is 13.2. The predicted octanol–water partition coefficient (Wildman–Crippen LogP) is 3.44. The summed E-state index contributed by atoms with van der Waals surface area (Å²) in [4.78, 5) is 20.8. The van der Waals surface area contributed by atoms with Crippen molar-refractivity contribution in [3.8, 4) is 6.07 Å². The van der Waals surface area contributed by atoms with Gasteiger partial charge in [0.2, 0.25) is 5.91 Å². The van der Waals surface area contributed by atoms with Gasteiger partial charge in [0.1, 0.15) is 5.82 Å². The minimum Gasteiger partial charge on any atom is -0.292 e. The maximum Gasteiger partial charge on any atom is 0.229 e. The van der Waals surface area contributed by atoms with E-state index in [1.54, 1.807) is 23.2 Å². The van der Waals surface area contributed by atoms with E-state index in [0.717, 1.165) is 16.2 Å². The Morgan fingerprint density at radius 3 is 2.81 bits per heavy atom. The van der Waals surface area contributed by atoms with E-state index < -0.39 is 0 Å². The number of carbonyl (C=O) groups excluding carboxylic acids is 1. The number of amides is 1. The second-order valence-corrected chi connectivity index (χ2v) is 7.50. The molecule has 3 heterocycles. The highest BCUT2D eigenvalue weighted by molar-refractivity contribution is 8.03. The van der Waals surface area contributed by atoms with Crippen molar-refractivity contribution in [2.45, 2.75) is 18.9 Å². The zero-order valence-electron chi connectivity index (χ0n) is 14.5. The molecule has 0 spiro atoms. The molecule has 0 aliphatic carbocycles. The van der Waals surface area contributed by atoms with E-state index >= 15 is 0 Å². The molecule has 2 aliphatic rings. The summed E-state index contributed by atoms with van der Waals surface area (Å²) in [6.07, 6.45) is 3.77. The fraction of sp³-hybridized carbons (Fsp3) is 0.250. The van der Waals surface area contributed by atoms with Crippen LogP contribution in [0.25, 0.3) is 0 Å². The molecule has 1 saturated heterocycles. The summed E-state index contributed by atoms with van der Waals surface area (Å²) in [7, 11) is 0. The number of rotatable bonds is 3. The molecule has 2 aromatic rings. The van der Waals surface area contributed by atoms with Crippen LogP contribution in [0.3, 0.4) is 0 Å². The van der Waals surface area contributed by atoms with Gasteiger partial charge in [0, 0.05) is 31.3 Å². The molecule has 0 bridgehead atoms. The van der Waals surface area contributed by atoms with Crippen LogP contribution in [0, 0.1) is 17.1 Å². The van der Waals surface area contributed by atoms with Gasteiger partial charge in [-0.1, -0.05) is 30.0 Å². The number of fused-ring (bicyclic) bond motifs is 1. The van der Waals surface area contributed by atoms with Gasteiger partial charge >= 0.3 is 0 Å². The first kappa shape index (κ1) is 17.7. The molecule has 1 amide bonds. The molecule has 0 radical (unpaired) electrons. The molecule has 27 heavy (non-hydrogen) atoms. The lowest BCUT2D eigenvalue weighted by Gasteiger charge is -2.41. The predicted molar refractivity (Wildman–Crippen MR) is 100 cm³/mol. The molecular weight excluding hydrogens is 363 g/mol. The highest BCUT2D eigenvalue weighted by atomic mass is 32.2. The molecule has 0 saturated carbocycles. The molecular formula is C20H17FN4OS. The van der Waals surface area contributed by atoms with Gasteiger partial charge in [-0.2, -0.15) is 5.26 Å². The van der Waals surface area contributed by atoms with Crippen LogP contribution in [-0.2, 0) is 11.3 Å². The number of carbonyl (C=O) groups is 1. The molecule has 1 aromatic carbocycles. The van der Waals surface area contributed by atoms with Crippen molar-refractivity contribution in [2.24, 2.45) is 0 Å². The average Bonchev–Trinajstić information content (AvgIpc) is 2.69. The Hall–Kier alpha value is -2.69. The lowest BCUT2D eigenvalue weighted by Crippen LogP contribution is -2.46. The number of aromatic nitrogens is 1. The van der Waals surface area contributed by atoms with E-state index in [4.69, 9.17) is 0 Å². The van der Waals surface area contributed by atoms with Crippen molar-refractivity contribution >= 4 is 17.7 Å². The Kier molecular flexibility index (Phi) is 4.92. The molecule has 0 unspecified atom stereocenters. The Morgan fingerprint density at radius 2 is 2.11 bits per heavy atom. The van der Waals surface area contributed by atoms with Gasteiger partial charge in [0.25, 0.3) is 0 Å². The summed E-state index contributed by atoms with van der Waals surface area (Å²) in [5.41, 5.74) is 2.47. The number of nitriles is 1. The van der Waals surface area contributed by atoms with Crippen LogP contribution >= 0.6 is 11.8 Å². The van der Waals surface area contributed by atoms with Crippen LogP contribution in [0.15, 0.2) is 59.4 Å². The lowest BCUT2D eigenvalue weighted by atomic mass is 9.86. The number of thioether (sulfide) groups is 1. The Balaban J connectivity index is 1.59. The van der Waals surface area contributed by atoms with Crippen molar-refractivity contribution < 1.29 is 9.18 Å². The maximum absolute atomic E-state index is 13.2. The largest absolute Gasteiger partial charge is 0.292 e. The van der Waals surface area contributed by atoms with Crippen molar-refractivity contribution in [2.75, 3.05) is 12.5 Å². The fourth-order valence-corrected chi connectivity index (χ4v) is 4.57. The summed E-state index contributed by atoms with van der Waals surface area (Å²) in [5.74, 6) is 0.0372. The van der Waals surface area contributed by atoms with E-state index in [1.807, 2.05) is 18.3 Å². The molecule has 136 valence electrons. The zero-order chi connectivity index (χ0) is 18.8. The Morgan fingerprint density at radius 1 is 1.30 bits per heavy atom. The van der Waals surface area contributed by atoms with Gasteiger partial charge in [-0.25, -0.2) is 4.39 Å². The number of hydrogen-bond donors (Lipinski definition) is 0. The lowest BCUT2D eigenvalue weighted by molar-refractivity contribution is -0.131. The van der Waals surface area contributed by atoms with Gasteiger partial charge in [0.15, 0.2) is 0 Å². The number of pyridine rings is 1. The summed E-state index contributed by atoms with van der Waals surface area (Å²) >= 11 is 1.51. The third kappa shape index (κ3) is 3.59. The minimum atomic E-state index is -0.327. The van der Waals surface area contributed by atoms with Crippen molar-refractivity contribution in [3.05, 3.63) is 76.3 Å². The van der Waals surface area contributed by atoms with Crippen LogP contribution in [0.2, 0.25) is 0 Å². The quantitative estimate of drug-likeness (QED) is 0.816. The third-order valence-electron chi connectivity index (χ3n) is 4.75. The number of nitrogens with zero attached hydrogens (tertiary/aromatic N) is 4. The molecule has 1 fully saturated rings. The molecule has 5 nitrogen and oxygen atoms in total. The van der Waals surface area contributed by atoms with E-state index in [9.17, 15) is 14.4 Å². The highest BCUT2D eigenvalue weighted by Gasteiger charge is 2.38. The van der Waals surface area contributed by atoms with E-state index in [2.05, 4.69) is 16.0 Å². The van der Waals surface area contributed by atoms with E-state index in [0.29, 0.717) is 24.7 Å². The molecule has 1 aromatic heterocycles.